The lowest BCUT2D eigenvalue weighted by Gasteiger charge is -2.53. The second-order valence-electron chi connectivity index (χ2n) is 6.33. The monoisotopic (exact) mass is 252 g/mol. The Morgan fingerprint density at radius 3 is 2.78 bits per heavy atom. The van der Waals surface area contributed by atoms with Crippen molar-refractivity contribution >= 4 is 5.78 Å². The molecule has 0 aromatic rings. The van der Waals surface area contributed by atoms with Gasteiger partial charge in [-0.25, -0.2) is 0 Å². The Balaban J connectivity index is 2.17. The number of rotatable bonds is 2. The second-order valence-corrected chi connectivity index (χ2v) is 6.33. The summed E-state index contributed by atoms with van der Waals surface area (Å²) in [6, 6.07) is 0. The molecule has 2 saturated carbocycles. The van der Waals surface area contributed by atoms with E-state index in [1.54, 1.807) is 0 Å². The Hall–Kier alpha value is -0.670. The highest BCUT2D eigenvalue weighted by Gasteiger charge is 2.51. The number of aliphatic hydroxyl groups excluding tert-OH is 2. The van der Waals surface area contributed by atoms with E-state index in [4.69, 9.17) is 0 Å². The van der Waals surface area contributed by atoms with Gasteiger partial charge < -0.3 is 10.2 Å². The topological polar surface area (TPSA) is 57.5 Å². The molecule has 0 spiro atoms. The van der Waals surface area contributed by atoms with Crippen LogP contribution in [-0.2, 0) is 4.79 Å². The van der Waals surface area contributed by atoms with Crippen molar-refractivity contribution in [3.05, 3.63) is 12.2 Å². The van der Waals surface area contributed by atoms with Gasteiger partial charge in [-0.15, -0.1) is 0 Å². The lowest BCUT2D eigenvalue weighted by molar-refractivity contribution is -0.131. The lowest BCUT2D eigenvalue weighted by atomic mass is 9.51. The summed E-state index contributed by atoms with van der Waals surface area (Å²) in [6.45, 7) is 6.31. The minimum Gasteiger partial charge on any atom is -0.396 e. The summed E-state index contributed by atoms with van der Waals surface area (Å²) >= 11 is 0. The number of hydrogen-bond acceptors (Lipinski definition) is 3. The first-order chi connectivity index (χ1) is 8.51. The standard InChI is InChI=1S/C15H24O3/c1-10-4-3-5-11(8-16)14(18)6-13-12(10)7-15(13,2)9-17/h11-13,16-17H,1,3-9H2,2H3/t11-,12+,13+,15-/m0/s1. The first-order valence-corrected chi connectivity index (χ1v) is 6.94. The zero-order chi connectivity index (χ0) is 13.3. The van der Waals surface area contributed by atoms with E-state index in [2.05, 4.69) is 13.5 Å². The van der Waals surface area contributed by atoms with Gasteiger partial charge in [0.15, 0.2) is 0 Å². The van der Waals surface area contributed by atoms with Crippen molar-refractivity contribution in [2.45, 2.75) is 39.0 Å². The molecule has 2 N–H and O–H groups in total. The number of fused-ring (bicyclic) bond motifs is 1. The Morgan fingerprint density at radius 2 is 2.17 bits per heavy atom. The Labute approximate surface area is 109 Å². The number of allylic oxidation sites excluding steroid dienone is 1. The molecule has 0 heterocycles. The molecule has 2 aliphatic carbocycles. The molecule has 2 fully saturated rings. The van der Waals surface area contributed by atoms with Crippen LogP contribution in [-0.4, -0.2) is 29.2 Å². The largest absolute Gasteiger partial charge is 0.396 e. The van der Waals surface area contributed by atoms with Crippen LogP contribution in [0.15, 0.2) is 12.2 Å². The highest BCUT2D eigenvalue weighted by Crippen LogP contribution is 2.56. The molecular formula is C15H24O3. The van der Waals surface area contributed by atoms with Crippen LogP contribution in [0.2, 0.25) is 0 Å². The SMILES string of the molecule is C=C1CCC[C@@H](CO)C(=O)C[C@@H]2[C@@H]1C[C@@]2(C)CO. The Bertz CT molecular complexity index is 350. The summed E-state index contributed by atoms with van der Waals surface area (Å²) in [7, 11) is 0. The van der Waals surface area contributed by atoms with Crippen LogP contribution >= 0.6 is 0 Å². The zero-order valence-electron chi connectivity index (χ0n) is 11.2. The summed E-state index contributed by atoms with van der Waals surface area (Å²) in [5.74, 6) is 0.569. The molecule has 0 amide bonds. The minimum atomic E-state index is -0.208. The van der Waals surface area contributed by atoms with Gasteiger partial charge in [0.05, 0.1) is 6.61 Å². The first-order valence-electron chi connectivity index (χ1n) is 6.94. The maximum Gasteiger partial charge on any atom is 0.138 e. The van der Waals surface area contributed by atoms with Crippen LogP contribution in [0.25, 0.3) is 0 Å². The van der Waals surface area contributed by atoms with Gasteiger partial charge >= 0.3 is 0 Å². The molecule has 3 heteroatoms. The molecule has 0 radical (unpaired) electrons. The summed E-state index contributed by atoms with van der Waals surface area (Å²) < 4.78 is 0. The molecule has 0 unspecified atom stereocenters. The van der Waals surface area contributed by atoms with Gasteiger partial charge in [0.25, 0.3) is 0 Å². The fourth-order valence-corrected chi connectivity index (χ4v) is 3.62. The van der Waals surface area contributed by atoms with Crippen LogP contribution < -0.4 is 0 Å². The third-order valence-electron chi connectivity index (χ3n) is 5.10. The Morgan fingerprint density at radius 1 is 1.44 bits per heavy atom. The van der Waals surface area contributed by atoms with Gasteiger partial charge in [0.1, 0.15) is 5.78 Å². The summed E-state index contributed by atoms with van der Waals surface area (Å²) in [4.78, 5) is 12.2. The predicted molar refractivity (Wildman–Crippen MR) is 70.0 cm³/mol. The van der Waals surface area contributed by atoms with Crippen LogP contribution in [0.3, 0.4) is 0 Å². The molecule has 2 rings (SSSR count). The van der Waals surface area contributed by atoms with Gasteiger partial charge in [-0.3, -0.25) is 4.79 Å². The highest BCUT2D eigenvalue weighted by molar-refractivity contribution is 5.81. The van der Waals surface area contributed by atoms with E-state index < -0.39 is 0 Å². The molecule has 102 valence electrons. The van der Waals surface area contributed by atoms with E-state index in [-0.39, 0.29) is 36.2 Å². The molecule has 3 nitrogen and oxygen atoms in total. The van der Waals surface area contributed by atoms with Crippen molar-refractivity contribution in [3.8, 4) is 0 Å². The van der Waals surface area contributed by atoms with Gasteiger partial charge in [0, 0.05) is 18.9 Å². The Kier molecular flexibility index (Phi) is 3.93. The molecule has 0 saturated heterocycles. The smallest absolute Gasteiger partial charge is 0.138 e. The number of ketones is 1. The van der Waals surface area contributed by atoms with Crippen molar-refractivity contribution in [1.29, 1.82) is 0 Å². The fraction of sp³-hybridized carbons (Fsp3) is 0.800. The van der Waals surface area contributed by atoms with E-state index in [1.165, 1.54) is 5.57 Å². The van der Waals surface area contributed by atoms with Crippen LogP contribution in [0.5, 0.6) is 0 Å². The predicted octanol–water partition coefficient (Wildman–Crippen LogP) is 1.93. The van der Waals surface area contributed by atoms with Crippen molar-refractivity contribution in [3.63, 3.8) is 0 Å². The van der Waals surface area contributed by atoms with Crippen molar-refractivity contribution in [2.75, 3.05) is 13.2 Å². The molecule has 0 bridgehead atoms. The van der Waals surface area contributed by atoms with Crippen molar-refractivity contribution in [2.24, 2.45) is 23.2 Å². The fourth-order valence-electron chi connectivity index (χ4n) is 3.62. The average molecular weight is 252 g/mol. The highest BCUT2D eigenvalue weighted by atomic mass is 16.3. The molecule has 4 atom stereocenters. The van der Waals surface area contributed by atoms with Crippen molar-refractivity contribution < 1.29 is 15.0 Å². The minimum absolute atomic E-state index is 0.0431. The summed E-state index contributed by atoms with van der Waals surface area (Å²) in [6.07, 6.45) is 4.10. The number of carbonyl (C=O) groups is 1. The van der Waals surface area contributed by atoms with E-state index >= 15 is 0 Å². The number of carbonyl (C=O) groups excluding carboxylic acids is 1. The maximum absolute atomic E-state index is 12.2. The number of hydrogen-bond donors (Lipinski definition) is 2. The third kappa shape index (κ3) is 2.26. The van der Waals surface area contributed by atoms with E-state index in [0.717, 1.165) is 25.7 Å². The molecule has 18 heavy (non-hydrogen) atoms. The second kappa shape index (κ2) is 5.14. The van der Waals surface area contributed by atoms with Crippen LogP contribution in [0, 0.1) is 23.2 Å². The van der Waals surface area contributed by atoms with Crippen molar-refractivity contribution in [1.82, 2.24) is 0 Å². The van der Waals surface area contributed by atoms with E-state index in [9.17, 15) is 15.0 Å². The van der Waals surface area contributed by atoms with Gasteiger partial charge in [-0.1, -0.05) is 19.1 Å². The van der Waals surface area contributed by atoms with E-state index in [1.807, 2.05) is 0 Å². The molecule has 0 aromatic carbocycles. The van der Waals surface area contributed by atoms with Crippen LogP contribution in [0.4, 0.5) is 0 Å². The summed E-state index contributed by atoms with van der Waals surface area (Å²) in [5, 5.41) is 18.8. The lowest BCUT2D eigenvalue weighted by Crippen LogP contribution is -2.50. The van der Waals surface area contributed by atoms with E-state index in [0.29, 0.717) is 12.3 Å². The molecule has 0 aromatic heterocycles. The number of Topliss-reactive ketones (excluding diaryl/α,β-unsaturated/α-hetero) is 1. The zero-order valence-corrected chi connectivity index (χ0v) is 11.2. The molecule has 2 aliphatic rings. The maximum atomic E-state index is 12.2. The number of aliphatic hydroxyl groups is 2. The summed E-state index contributed by atoms with van der Waals surface area (Å²) in [5.41, 5.74) is 1.10. The normalized spacial score (nSPS) is 41.4. The molecular weight excluding hydrogens is 228 g/mol. The van der Waals surface area contributed by atoms with Crippen LogP contribution in [0.1, 0.15) is 39.0 Å². The van der Waals surface area contributed by atoms with Gasteiger partial charge in [-0.2, -0.15) is 0 Å². The first kappa shape index (κ1) is 13.8. The third-order valence-corrected chi connectivity index (χ3v) is 5.10. The average Bonchev–Trinajstić information content (AvgIpc) is 2.40. The quantitative estimate of drug-likeness (QED) is 0.738. The van der Waals surface area contributed by atoms with Gasteiger partial charge in [0.2, 0.25) is 0 Å². The molecule has 0 aliphatic heterocycles. The van der Waals surface area contributed by atoms with Gasteiger partial charge in [-0.05, 0) is 42.9 Å².